The van der Waals surface area contributed by atoms with Crippen molar-refractivity contribution in [2.75, 3.05) is 32.1 Å². The van der Waals surface area contributed by atoms with Crippen molar-refractivity contribution in [1.29, 1.82) is 0 Å². The summed E-state index contributed by atoms with van der Waals surface area (Å²) in [5.41, 5.74) is 2.42. The molecule has 0 saturated heterocycles. The van der Waals surface area contributed by atoms with Crippen LogP contribution >= 0.6 is 11.6 Å². The average molecular weight is 481 g/mol. The van der Waals surface area contributed by atoms with Gasteiger partial charge >= 0.3 is 0 Å². The zero-order valence-electron chi connectivity index (χ0n) is 19.2. The zero-order chi connectivity index (χ0) is 23.9. The molecule has 1 aliphatic rings. The quantitative estimate of drug-likeness (QED) is 0.477. The lowest BCUT2D eigenvalue weighted by Crippen LogP contribution is -2.42. The van der Waals surface area contributed by atoms with E-state index < -0.39 is 0 Å². The number of rotatable bonds is 9. The summed E-state index contributed by atoms with van der Waals surface area (Å²) in [6.07, 6.45) is 5.73. The van der Waals surface area contributed by atoms with Gasteiger partial charge in [0.1, 0.15) is 6.54 Å². The average Bonchev–Trinajstić information content (AvgIpc) is 3.52. The number of halogens is 1. The third-order valence-corrected chi connectivity index (χ3v) is 6.26. The lowest BCUT2D eigenvalue weighted by Gasteiger charge is -2.24. The number of anilines is 1. The topological polar surface area (TPSA) is 76.5 Å². The van der Waals surface area contributed by atoms with E-state index in [-0.39, 0.29) is 24.3 Å². The third-order valence-electron chi connectivity index (χ3n) is 6.03. The van der Waals surface area contributed by atoms with E-state index in [2.05, 4.69) is 10.3 Å². The second kappa shape index (κ2) is 11.3. The lowest BCUT2D eigenvalue weighted by atomic mass is 10.1. The van der Waals surface area contributed by atoms with Crippen molar-refractivity contribution in [2.24, 2.45) is 5.92 Å². The van der Waals surface area contributed by atoms with Crippen LogP contribution in [0.5, 0.6) is 0 Å². The lowest BCUT2D eigenvalue weighted by molar-refractivity contribution is -0.138. The summed E-state index contributed by atoms with van der Waals surface area (Å²) in [5, 5.41) is 3.49. The van der Waals surface area contributed by atoms with Crippen molar-refractivity contribution < 1.29 is 14.3 Å². The standard InChI is InChI=1S/C26H29ClN4O3/c1-34-15-14-30(25(33)20-10-5-6-11-20)18-24(32)29-26-28-23(19-8-3-2-4-9-19)17-31(26)22-13-7-12-21(27)16-22/h2-4,7-9,12-13,16-17,20H,5-6,10-11,14-15,18H2,1H3,(H,28,29,32). The largest absolute Gasteiger partial charge is 0.383 e. The van der Waals surface area contributed by atoms with Crippen molar-refractivity contribution in [1.82, 2.24) is 14.5 Å². The molecule has 0 unspecified atom stereocenters. The van der Waals surface area contributed by atoms with Crippen molar-refractivity contribution in [2.45, 2.75) is 25.7 Å². The Morgan fingerprint density at radius 3 is 2.62 bits per heavy atom. The summed E-state index contributed by atoms with van der Waals surface area (Å²) in [7, 11) is 1.59. The molecule has 2 amide bonds. The molecule has 1 saturated carbocycles. The normalized spacial score (nSPS) is 13.7. The predicted molar refractivity (Wildman–Crippen MR) is 133 cm³/mol. The Morgan fingerprint density at radius 1 is 1.15 bits per heavy atom. The van der Waals surface area contributed by atoms with E-state index in [1.54, 1.807) is 22.6 Å². The number of amides is 2. The second-order valence-corrected chi connectivity index (χ2v) is 8.88. The van der Waals surface area contributed by atoms with Gasteiger partial charge in [0.05, 0.1) is 12.3 Å². The fourth-order valence-electron chi connectivity index (χ4n) is 4.28. The van der Waals surface area contributed by atoms with Gasteiger partial charge in [0.15, 0.2) is 0 Å². The molecule has 1 heterocycles. The van der Waals surface area contributed by atoms with Crippen LogP contribution < -0.4 is 5.32 Å². The number of methoxy groups -OCH3 is 1. The number of hydrogen-bond acceptors (Lipinski definition) is 4. The molecule has 2 aromatic carbocycles. The van der Waals surface area contributed by atoms with Crippen molar-refractivity contribution in [3.63, 3.8) is 0 Å². The Kier molecular flexibility index (Phi) is 7.98. The molecule has 7 nitrogen and oxygen atoms in total. The van der Waals surface area contributed by atoms with E-state index in [9.17, 15) is 9.59 Å². The maximum Gasteiger partial charge on any atom is 0.246 e. The summed E-state index contributed by atoms with van der Waals surface area (Å²) in [5.74, 6) is 0.0673. The van der Waals surface area contributed by atoms with E-state index in [4.69, 9.17) is 16.3 Å². The van der Waals surface area contributed by atoms with Gasteiger partial charge in [-0.25, -0.2) is 4.98 Å². The molecule has 0 radical (unpaired) electrons. The maximum atomic E-state index is 13.1. The van der Waals surface area contributed by atoms with Gasteiger partial charge in [0.25, 0.3) is 0 Å². The molecule has 0 aliphatic heterocycles. The minimum Gasteiger partial charge on any atom is -0.383 e. The molecule has 0 spiro atoms. The Balaban J connectivity index is 1.57. The molecule has 34 heavy (non-hydrogen) atoms. The van der Waals surface area contributed by atoms with Crippen LogP contribution in [0, 0.1) is 5.92 Å². The number of imidazole rings is 1. The van der Waals surface area contributed by atoms with E-state index in [0.717, 1.165) is 36.9 Å². The van der Waals surface area contributed by atoms with E-state index in [0.29, 0.717) is 29.8 Å². The molecule has 1 aliphatic carbocycles. The van der Waals surface area contributed by atoms with Gasteiger partial charge in [0, 0.05) is 42.0 Å². The van der Waals surface area contributed by atoms with Crippen molar-refractivity contribution in [3.05, 3.63) is 65.8 Å². The molecule has 8 heteroatoms. The van der Waals surface area contributed by atoms with Crippen molar-refractivity contribution >= 4 is 29.4 Å². The molecule has 0 atom stereocenters. The van der Waals surface area contributed by atoms with Gasteiger partial charge < -0.3 is 9.64 Å². The number of carbonyl (C=O) groups is 2. The monoisotopic (exact) mass is 480 g/mol. The molecule has 0 bridgehead atoms. The van der Waals surface area contributed by atoms with Crippen LogP contribution in [0.4, 0.5) is 5.95 Å². The van der Waals surface area contributed by atoms with Crippen molar-refractivity contribution in [3.8, 4) is 16.9 Å². The molecule has 1 N–H and O–H groups in total. The smallest absolute Gasteiger partial charge is 0.246 e. The summed E-state index contributed by atoms with van der Waals surface area (Å²) >= 11 is 6.21. The highest BCUT2D eigenvalue weighted by molar-refractivity contribution is 6.30. The van der Waals surface area contributed by atoms with E-state index in [1.165, 1.54) is 0 Å². The Morgan fingerprint density at radius 2 is 1.91 bits per heavy atom. The van der Waals surface area contributed by atoms with E-state index >= 15 is 0 Å². The van der Waals surface area contributed by atoms with Crippen LogP contribution in [0.25, 0.3) is 16.9 Å². The Hall–Kier alpha value is -3.16. The number of hydrogen-bond donors (Lipinski definition) is 1. The first kappa shape index (κ1) is 24.0. The second-order valence-electron chi connectivity index (χ2n) is 8.45. The fraction of sp³-hybridized carbons (Fsp3) is 0.346. The summed E-state index contributed by atoms with van der Waals surface area (Å²) in [6.45, 7) is 0.695. The zero-order valence-corrected chi connectivity index (χ0v) is 20.0. The molecule has 178 valence electrons. The summed E-state index contributed by atoms with van der Waals surface area (Å²) in [4.78, 5) is 32.4. The van der Waals surface area contributed by atoms with Gasteiger partial charge in [-0.1, -0.05) is 60.8 Å². The van der Waals surface area contributed by atoms with Crippen LogP contribution in [0.1, 0.15) is 25.7 Å². The first-order valence-corrected chi connectivity index (χ1v) is 11.9. The number of aromatic nitrogens is 2. The van der Waals surface area contributed by atoms with Crippen LogP contribution in [0.3, 0.4) is 0 Å². The molecular formula is C26H29ClN4O3. The highest BCUT2D eigenvalue weighted by Gasteiger charge is 2.28. The SMILES string of the molecule is COCCN(CC(=O)Nc1nc(-c2ccccc2)cn1-c1cccc(Cl)c1)C(=O)C1CCCC1. The van der Waals surface area contributed by atoms with Gasteiger partial charge in [-0.2, -0.15) is 0 Å². The van der Waals surface area contributed by atoms with Gasteiger partial charge in [-0.3, -0.25) is 19.5 Å². The van der Waals surface area contributed by atoms with E-state index in [1.807, 2.05) is 54.7 Å². The van der Waals surface area contributed by atoms with Crippen LogP contribution in [0.2, 0.25) is 5.02 Å². The minimum absolute atomic E-state index is 0.0113. The number of nitrogens with one attached hydrogen (secondary N) is 1. The first-order valence-electron chi connectivity index (χ1n) is 11.5. The highest BCUT2D eigenvalue weighted by atomic mass is 35.5. The van der Waals surface area contributed by atoms with Crippen LogP contribution in [-0.4, -0.2) is 53.1 Å². The maximum absolute atomic E-state index is 13.1. The molecule has 1 fully saturated rings. The number of nitrogens with zero attached hydrogens (tertiary/aromatic N) is 3. The van der Waals surface area contributed by atoms with Crippen LogP contribution in [-0.2, 0) is 14.3 Å². The predicted octanol–water partition coefficient (Wildman–Crippen LogP) is 4.80. The van der Waals surface area contributed by atoms with Gasteiger partial charge in [0.2, 0.25) is 17.8 Å². The van der Waals surface area contributed by atoms with Crippen LogP contribution in [0.15, 0.2) is 60.8 Å². The Labute approximate surface area is 204 Å². The fourth-order valence-corrected chi connectivity index (χ4v) is 4.46. The molecule has 1 aromatic heterocycles. The van der Waals surface area contributed by atoms with Gasteiger partial charge in [-0.15, -0.1) is 0 Å². The summed E-state index contributed by atoms with van der Waals surface area (Å²) < 4.78 is 6.97. The number of carbonyl (C=O) groups excluding carboxylic acids is 2. The molecule has 4 rings (SSSR count). The summed E-state index contributed by atoms with van der Waals surface area (Å²) in [6, 6.07) is 17.1. The minimum atomic E-state index is -0.309. The number of benzene rings is 2. The van der Waals surface area contributed by atoms with Gasteiger partial charge in [-0.05, 0) is 31.0 Å². The molecular weight excluding hydrogens is 452 g/mol. The Bertz CT molecular complexity index is 1130. The highest BCUT2D eigenvalue weighted by Crippen LogP contribution is 2.27. The first-order chi connectivity index (χ1) is 16.5. The third kappa shape index (κ3) is 5.85. The molecule has 3 aromatic rings. The number of ether oxygens (including phenoxy) is 1.